The SMILES string of the molecule is Cc1cc(OCc2ccccc2)ccc1NC(=O)[C@@H]1CC[C@H](C(=O)O)C1. The molecule has 1 amide bonds. The smallest absolute Gasteiger partial charge is 0.306 e. The van der Waals surface area contributed by atoms with E-state index in [4.69, 9.17) is 9.84 Å². The minimum Gasteiger partial charge on any atom is -0.489 e. The van der Waals surface area contributed by atoms with Crippen LogP contribution in [-0.4, -0.2) is 17.0 Å². The molecule has 2 aromatic carbocycles. The van der Waals surface area contributed by atoms with Crippen LogP contribution >= 0.6 is 0 Å². The van der Waals surface area contributed by atoms with Gasteiger partial charge in [0.2, 0.25) is 5.91 Å². The molecule has 2 atom stereocenters. The van der Waals surface area contributed by atoms with Crippen molar-refractivity contribution in [2.45, 2.75) is 32.8 Å². The molecule has 5 heteroatoms. The molecule has 2 aromatic rings. The largest absolute Gasteiger partial charge is 0.489 e. The van der Waals surface area contributed by atoms with Crippen molar-refractivity contribution in [2.24, 2.45) is 11.8 Å². The van der Waals surface area contributed by atoms with Gasteiger partial charge in [-0.25, -0.2) is 0 Å². The van der Waals surface area contributed by atoms with Gasteiger partial charge in [-0.15, -0.1) is 0 Å². The third kappa shape index (κ3) is 4.42. The van der Waals surface area contributed by atoms with Gasteiger partial charge in [0.1, 0.15) is 12.4 Å². The second kappa shape index (κ2) is 8.04. The number of carboxylic acids is 1. The monoisotopic (exact) mass is 353 g/mol. The van der Waals surface area contributed by atoms with E-state index in [-0.39, 0.29) is 11.8 Å². The molecule has 3 rings (SSSR count). The Morgan fingerprint density at radius 1 is 1.12 bits per heavy atom. The number of amides is 1. The topological polar surface area (TPSA) is 75.6 Å². The van der Waals surface area contributed by atoms with E-state index in [1.165, 1.54) is 0 Å². The van der Waals surface area contributed by atoms with Crippen molar-refractivity contribution in [3.63, 3.8) is 0 Å². The zero-order valence-corrected chi connectivity index (χ0v) is 14.8. The summed E-state index contributed by atoms with van der Waals surface area (Å²) in [5.74, 6) is -0.799. The molecule has 1 fully saturated rings. The lowest BCUT2D eigenvalue weighted by atomic mass is 10.0. The molecular formula is C21H23NO4. The molecule has 1 aliphatic carbocycles. The second-order valence-corrected chi connectivity index (χ2v) is 6.79. The Balaban J connectivity index is 1.57. The summed E-state index contributed by atoms with van der Waals surface area (Å²) in [7, 11) is 0. The fourth-order valence-corrected chi connectivity index (χ4v) is 3.29. The fraction of sp³-hybridized carbons (Fsp3) is 0.333. The number of carboxylic acid groups (broad SMARTS) is 1. The van der Waals surface area contributed by atoms with Gasteiger partial charge in [-0.3, -0.25) is 9.59 Å². The standard InChI is InChI=1S/C21H23NO4/c1-14-11-18(26-13-15-5-3-2-4-6-15)9-10-19(14)22-20(23)16-7-8-17(12-16)21(24)25/h2-6,9-11,16-17H,7-8,12-13H2,1H3,(H,22,23)(H,24,25)/t16-,17+/m1/s1. The van der Waals surface area contributed by atoms with Crippen molar-refractivity contribution < 1.29 is 19.4 Å². The number of aliphatic carboxylic acids is 1. The zero-order chi connectivity index (χ0) is 18.5. The van der Waals surface area contributed by atoms with Crippen LogP contribution in [0.2, 0.25) is 0 Å². The number of hydrogen-bond acceptors (Lipinski definition) is 3. The summed E-state index contributed by atoms with van der Waals surface area (Å²) in [6, 6.07) is 15.5. The van der Waals surface area contributed by atoms with Crippen LogP contribution < -0.4 is 10.1 Å². The summed E-state index contributed by atoms with van der Waals surface area (Å²) in [5.41, 5.74) is 2.74. The van der Waals surface area contributed by atoms with Gasteiger partial charge in [-0.1, -0.05) is 30.3 Å². The Bertz CT molecular complexity index is 788. The summed E-state index contributed by atoms with van der Waals surface area (Å²) in [6.07, 6.45) is 1.61. The van der Waals surface area contributed by atoms with Crippen LogP contribution in [0, 0.1) is 18.8 Å². The number of nitrogens with one attached hydrogen (secondary N) is 1. The zero-order valence-electron chi connectivity index (χ0n) is 14.8. The number of carbonyl (C=O) groups is 2. The van der Waals surface area contributed by atoms with Crippen LogP contribution in [-0.2, 0) is 16.2 Å². The van der Waals surface area contributed by atoms with Crippen LogP contribution in [0.25, 0.3) is 0 Å². The van der Waals surface area contributed by atoms with Gasteiger partial charge in [0, 0.05) is 11.6 Å². The lowest BCUT2D eigenvalue weighted by Gasteiger charge is -2.14. The quantitative estimate of drug-likeness (QED) is 0.823. The molecule has 0 aromatic heterocycles. The maximum atomic E-state index is 12.4. The third-order valence-electron chi connectivity index (χ3n) is 4.86. The highest BCUT2D eigenvalue weighted by Gasteiger charge is 2.33. The van der Waals surface area contributed by atoms with Crippen molar-refractivity contribution in [1.82, 2.24) is 0 Å². The van der Waals surface area contributed by atoms with Crippen LogP contribution in [0.5, 0.6) is 5.75 Å². The van der Waals surface area contributed by atoms with Gasteiger partial charge in [-0.05, 0) is 55.5 Å². The summed E-state index contributed by atoms with van der Waals surface area (Å²) < 4.78 is 5.80. The van der Waals surface area contributed by atoms with Gasteiger partial charge >= 0.3 is 5.97 Å². The molecule has 1 saturated carbocycles. The van der Waals surface area contributed by atoms with Crippen molar-refractivity contribution in [1.29, 1.82) is 0 Å². The number of ether oxygens (including phenoxy) is 1. The summed E-state index contributed by atoms with van der Waals surface area (Å²) in [6.45, 7) is 2.41. The molecule has 0 aliphatic heterocycles. The lowest BCUT2D eigenvalue weighted by molar-refractivity contribution is -0.141. The van der Waals surface area contributed by atoms with E-state index in [1.807, 2.05) is 55.5 Å². The minimum absolute atomic E-state index is 0.102. The van der Waals surface area contributed by atoms with E-state index in [1.54, 1.807) is 0 Å². The van der Waals surface area contributed by atoms with Crippen LogP contribution in [0.3, 0.4) is 0 Å². The Hall–Kier alpha value is -2.82. The van der Waals surface area contributed by atoms with Crippen molar-refractivity contribution in [3.8, 4) is 5.75 Å². The molecule has 26 heavy (non-hydrogen) atoms. The van der Waals surface area contributed by atoms with Crippen molar-refractivity contribution in [2.75, 3.05) is 5.32 Å². The lowest BCUT2D eigenvalue weighted by Crippen LogP contribution is -2.22. The maximum Gasteiger partial charge on any atom is 0.306 e. The predicted octanol–water partition coefficient (Wildman–Crippen LogP) is 4.01. The molecule has 0 heterocycles. The number of benzene rings is 2. The van der Waals surface area contributed by atoms with E-state index < -0.39 is 11.9 Å². The van der Waals surface area contributed by atoms with E-state index in [0.29, 0.717) is 25.9 Å². The summed E-state index contributed by atoms with van der Waals surface area (Å²) in [4.78, 5) is 23.4. The second-order valence-electron chi connectivity index (χ2n) is 6.79. The molecule has 0 unspecified atom stereocenters. The van der Waals surface area contributed by atoms with Gasteiger partial charge in [-0.2, -0.15) is 0 Å². The first-order chi connectivity index (χ1) is 12.5. The number of anilines is 1. The van der Waals surface area contributed by atoms with Gasteiger partial charge < -0.3 is 15.2 Å². The highest BCUT2D eigenvalue weighted by Crippen LogP contribution is 2.32. The first kappa shape index (κ1) is 18.0. The van der Waals surface area contributed by atoms with Crippen molar-refractivity contribution >= 4 is 17.6 Å². The number of hydrogen-bond donors (Lipinski definition) is 2. The first-order valence-corrected chi connectivity index (χ1v) is 8.84. The average Bonchev–Trinajstić information content (AvgIpc) is 3.13. The maximum absolute atomic E-state index is 12.4. The Kier molecular flexibility index (Phi) is 5.56. The molecule has 0 saturated heterocycles. The summed E-state index contributed by atoms with van der Waals surface area (Å²) in [5, 5.41) is 12.0. The van der Waals surface area contributed by atoms with Crippen molar-refractivity contribution in [3.05, 3.63) is 59.7 Å². The number of rotatable bonds is 6. The minimum atomic E-state index is -0.809. The van der Waals surface area contributed by atoms with Gasteiger partial charge in [0.05, 0.1) is 5.92 Å². The van der Waals surface area contributed by atoms with E-state index in [9.17, 15) is 9.59 Å². The molecular weight excluding hydrogens is 330 g/mol. The van der Waals surface area contributed by atoms with E-state index in [0.717, 1.165) is 22.6 Å². The fourth-order valence-electron chi connectivity index (χ4n) is 3.29. The molecule has 2 N–H and O–H groups in total. The third-order valence-corrected chi connectivity index (χ3v) is 4.86. The number of aryl methyl sites for hydroxylation is 1. The molecule has 136 valence electrons. The molecule has 0 bridgehead atoms. The van der Waals surface area contributed by atoms with Crippen LogP contribution in [0.1, 0.15) is 30.4 Å². The average molecular weight is 353 g/mol. The van der Waals surface area contributed by atoms with Gasteiger partial charge in [0.25, 0.3) is 0 Å². The normalized spacial score (nSPS) is 19.1. The van der Waals surface area contributed by atoms with Gasteiger partial charge in [0.15, 0.2) is 0 Å². The van der Waals surface area contributed by atoms with Crippen LogP contribution in [0.4, 0.5) is 5.69 Å². The molecule has 0 radical (unpaired) electrons. The Morgan fingerprint density at radius 3 is 2.50 bits per heavy atom. The molecule has 1 aliphatic rings. The highest BCUT2D eigenvalue weighted by molar-refractivity contribution is 5.94. The summed E-state index contributed by atoms with van der Waals surface area (Å²) >= 11 is 0. The predicted molar refractivity (Wildman–Crippen MR) is 99.0 cm³/mol. The van der Waals surface area contributed by atoms with E-state index >= 15 is 0 Å². The number of carbonyl (C=O) groups excluding carboxylic acids is 1. The molecule has 0 spiro atoms. The Morgan fingerprint density at radius 2 is 1.85 bits per heavy atom. The Labute approximate surface area is 153 Å². The van der Waals surface area contributed by atoms with E-state index in [2.05, 4.69) is 5.32 Å². The van der Waals surface area contributed by atoms with Crippen LogP contribution in [0.15, 0.2) is 48.5 Å². The first-order valence-electron chi connectivity index (χ1n) is 8.84. The highest BCUT2D eigenvalue weighted by atomic mass is 16.5. The molecule has 5 nitrogen and oxygen atoms in total.